The third kappa shape index (κ3) is 9.16. The first-order valence-corrected chi connectivity index (χ1v) is 3.37. The molecule has 0 unspecified atom stereocenters. The van der Waals surface area contributed by atoms with Gasteiger partial charge < -0.3 is 5.21 Å². The van der Waals surface area contributed by atoms with E-state index >= 15 is 0 Å². The number of benzene rings is 1. The standard InChI is InChI=1S/C6H5.Ag.HNO3/c1-2-4-6-5-3-1;;2-1(3)4/h1-5H;;(H,2,3,4). The molecule has 0 spiro atoms. The van der Waals surface area contributed by atoms with Crippen LogP contribution < -0.4 is 3.78 Å². The van der Waals surface area contributed by atoms with Gasteiger partial charge in [0.25, 0.3) is 5.09 Å². The van der Waals surface area contributed by atoms with E-state index in [4.69, 9.17) is 15.3 Å². The number of hydrogen-bond donors (Lipinski definition) is 1. The predicted octanol–water partition coefficient (Wildman–Crippen LogP) is 0.511. The number of hydrogen-bond acceptors (Lipinski definition) is 2. The van der Waals surface area contributed by atoms with Crippen molar-refractivity contribution in [2.75, 3.05) is 0 Å². The van der Waals surface area contributed by atoms with Crippen molar-refractivity contribution in [1.82, 2.24) is 0 Å². The van der Waals surface area contributed by atoms with E-state index < -0.39 is 5.09 Å². The monoisotopic (exact) mass is 247 g/mol. The fourth-order valence-corrected chi connectivity index (χ4v) is 0.685. The maximum absolute atomic E-state index is 8.36. The van der Waals surface area contributed by atoms with E-state index in [-0.39, 0.29) is 0 Å². The molecule has 0 aromatic heterocycles. The molecule has 0 aliphatic heterocycles. The Morgan fingerprint density at radius 3 is 1.91 bits per heavy atom. The Kier molecular flexibility index (Phi) is 5.46. The number of nitrogens with zero attached hydrogens (tertiary/aromatic N) is 1. The van der Waals surface area contributed by atoms with Crippen LogP contribution in [-0.2, 0) is 21.1 Å². The molecule has 1 N–H and O–H groups in total. The molecule has 0 atom stereocenters. The first-order valence-electron chi connectivity index (χ1n) is 2.63. The summed E-state index contributed by atoms with van der Waals surface area (Å²) in [5.41, 5.74) is 0. The summed E-state index contributed by atoms with van der Waals surface area (Å²) in [4.78, 5) is 8.36. The summed E-state index contributed by atoms with van der Waals surface area (Å²) in [6.07, 6.45) is 0. The molecule has 0 saturated carbocycles. The van der Waals surface area contributed by atoms with Crippen LogP contribution in [0.1, 0.15) is 0 Å². The van der Waals surface area contributed by atoms with E-state index in [9.17, 15) is 0 Å². The van der Waals surface area contributed by atoms with Gasteiger partial charge in [0.05, 0.1) is 0 Å². The average molecular weight is 248 g/mol. The van der Waals surface area contributed by atoms with Gasteiger partial charge >= 0.3 is 55.2 Å². The normalized spacial score (nSPS) is 7.82. The van der Waals surface area contributed by atoms with Crippen molar-refractivity contribution in [2.45, 2.75) is 0 Å². The maximum atomic E-state index is 8.36. The van der Waals surface area contributed by atoms with E-state index in [0.717, 1.165) is 3.78 Å². The van der Waals surface area contributed by atoms with Gasteiger partial charge in [-0.05, 0) is 0 Å². The van der Waals surface area contributed by atoms with Gasteiger partial charge in [-0.1, -0.05) is 0 Å². The minimum atomic E-state index is -1.50. The van der Waals surface area contributed by atoms with Crippen LogP contribution in [0.4, 0.5) is 0 Å². The summed E-state index contributed by atoms with van der Waals surface area (Å²) >= 11 is 3.33. The van der Waals surface area contributed by atoms with Crippen molar-refractivity contribution < 1.29 is 31.4 Å². The Labute approximate surface area is 75.9 Å². The Balaban J connectivity index is 0.000000218. The first-order chi connectivity index (χ1) is 5.13. The molecule has 0 fully saturated rings. The molecule has 0 aliphatic carbocycles. The third-order valence-corrected chi connectivity index (χ3v) is 1.20. The molecular weight excluding hydrogens is 242 g/mol. The SMILES string of the molecule is O=[N+]([O-])O.[Ag][c]1ccccc1. The molecule has 1 aromatic rings. The Morgan fingerprint density at radius 1 is 1.36 bits per heavy atom. The van der Waals surface area contributed by atoms with Gasteiger partial charge in [0.2, 0.25) is 0 Å². The van der Waals surface area contributed by atoms with Gasteiger partial charge in [0.1, 0.15) is 0 Å². The molecule has 0 heterocycles. The van der Waals surface area contributed by atoms with Crippen LogP contribution >= 0.6 is 0 Å². The van der Waals surface area contributed by atoms with E-state index in [0.29, 0.717) is 0 Å². The summed E-state index contributed by atoms with van der Waals surface area (Å²) in [5, 5.41) is 13.6. The van der Waals surface area contributed by atoms with Crippen molar-refractivity contribution >= 4 is 3.78 Å². The average Bonchev–Trinajstić information content (AvgIpc) is 1.87. The molecule has 0 amide bonds. The predicted molar refractivity (Wildman–Crippen MR) is 34.9 cm³/mol. The van der Waals surface area contributed by atoms with E-state index in [1.54, 1.807) is 0 Å². The summed E-state index contributed by atoms with van der Waals surface area (Å²) in [6, 6.07) is 9.97. The summed E-state index contributed by atoms with van der Waals surface area (Å²) in [7, 11) is 0. The molecule has 0 radical (unpaired) electrons. The van der Waals surface area contributed by atoms with Gasteiger partial charge in [-0.25, -0.2) is 0 Å². The fraction of sp³-hybridized carbons (Fsp3) is 0. The van der Waals surface area contributed by atoms with Gasteiger partial charge in [0, 0.05) is 0 Å². The van der Waals surface area contributed by atoms with Crippen LogP contribution in [0, 0.1) is 10.1 Å². The van der Waals surface area contributed by atoms with Crippen LogP contribution in [0.15, 0.2) is 30.3 Å². The molecule has 1 aromatic carbocycles. The number of rotatable bonds is 0. The summed E-state index contributed by atoms with van der Waals surface area (Å²) in [6.45, 7) is 0. The molecule has 64 valence electrons. The van der Waals surface area contributed by atoms with Gasteiger partial charge in [-0.15, -0.1) is 10.1 Å². The van der Waals surface area contributed by atoms with Gasteiger partial charge in [-0.2, -0.15) is 0 Å². The van der Waals surface area contributed by atoms with Crippen LogP contribution in [0.2, 0.25) is 0 Å². The second-order valence-corrected chi connectivity index (χ2v) is 2.35. The van der Waals surface area contributed by atoms with Crippen molar-refractivity contribution in [3.8, 4) is 0 Å². The van der Waals surface area contributed by atoms with Crippen LogP contribution in [0.5, 0.6) is 0 Å². The first kappa shape index (κ1) is 10.2. The van der Waals surface area contributed by atoms with E-state index in [2.05, 4.69) is 21.1 Å². The third-order valence-electron chi connectivity index (χ3n) is 0.708. The Morgan fingerprint density at radius 2 is 1.73 bits per heavy atom. The molecule has 0 aliphatic rings. The quantitative estimate of drug-likeness (QED) is 0.413. The second-order valence-electron chi connectivity index (χ2n) is 1.49. The van der Waals surface area contributed by atoms with Crippen molar-refractivity contribution in [1.29, 1.82) is 0 Å². The molecule has 0 bridgehead atoms. The zero-order valence-electron chi connectivity index (χ0n) is 5.40. The van der Waals surface area contributed by atoms with Crippen LogP contribution in [0.25, 0.3) is 0 Å². The fourth-order valence-electron chi connectivity index (χ4n) is 0.400. The molecule has 11 heavy (non-hydrogen) atoms. The van der Waals surface area contributed by atoms with Crippen molar-refractivity contribution in [3.05, 3.63) is 40.4 Å². The van der Waals surface area contributed by atoms with Crippen LogP contribution in [-0.4, -0.2) is 10.3 Å². The summed E-state index contributed by atoms with van der Waals surface area (Å²) < 4.78 is 1.13. The van der Waals surface area contributed by atoms with Crippen LogP contribution in [0.3, 0.4) is 0 Å². The topological polar surface area (TPSA) is 63.4 Å². The molecular formula is C6H6AgNO3. The van der Waals surface area contributed by atoms with E-state index in [1.807, 2.05) is 30.3 Å². The molecule has 4 nitrogen and oxygen atoms in total. The second kappa shape index (κ2) is 5.91. The zero-order chi connectivity index (χ0) is 8.69. The summed E-state index contributed by atoms with van der Waals surface area (Å²) in [5.74, 6) is 0. The van der Waals surface area contributed by atoms with Gasteiger partial charge in [-0.3, -0.25) is 0 Å². The molecule has 5 heteroatoms. The molecule has 0 saturated heterocycles. The minimum absolute atomic E-state index is 1.13. The van der Waals surface area contributed by atoms with Crippen molar-refractivity contribution in [3.63, 3.8) is 0 Å². The van der Waals surface area contributed by atoms with E-state index in [1.165, 1.54) is 0 Å². The Hall–Kier alpha value is -0.840. The zero-order valence-corrected chi connectivity index (χ0v) is 6.88. The molecule has 1 rings (SSSR count). The van der Waals surface area contributed by atoms with Crippen molar-refractivity contribution in [2.24, 2.45) is 0 Å². The van der Waals surface area contributed by atoms with Gasteiger partial charge in [0.15, 0.2) is 0 Å². The Bertz CT molecular complexity index is 210.